The van der Waals surface area contributed by atoms with Crippen molar-refractivity contribution < 1.29 is 19.0 Å². The average molecular weight is 423 g/mol. The monoisotopic (exact) mass is 423 g/mol. The summed E-state index contributed by atoms with van der Waals surface area (Å²) in [6, 6.07) is 10.7. The van der Waals surface area contributed by atoms with Crippen LogP contribution in [0.2, 0.25) is 0 Å². The number of hydrogen-bond acceptors (Lipinski definition) is 7. The molecule has 0 unspecified atom stereocenters. The maximum absolute atomic E-state index is 12.6. The summed E-state index contributed by atoms with van der Waals surface area (Å²) in [6.07, 6.45) is 2.01. The van der Waals surface area contributed by atoms with Crippen LogP contribution in [0.1, 0.15) is 40.6 Å². The first-order chi connectivity index (χ1) is 15.0. The fourth-order valence-corrected chi connectivity index (χ4v) is 4.16. The molecule has 162 valence electrons. The number of esters is 1. The van der Waals surface area contributed by atoms with Crippen molar-refractivity contribution in [1.82, 2.24) is 14.9 Å². The van der Waals surface area contributed by atoms with Gasteiger partial charge in [-0.3, -0.25) is 9.69 Å². The Balaban J connectivity index is 1.65. The van der Waals surface area contributed by atoms with E-state index in [1.807, 2.05) is 18.2 Å². The second-order valence-electron chi connectivity index (χ2n) is 7.47. The van der Waals surface area contributed by atoms with Crippen molar-refractivity contribution in [2.75, 3.05) is 27.9 Å². The molecule has 0 spiro atoms. The molecule has 1 atom stereocenters. The van der Waals surface area contributed by atoms with Crippen molar-refractivity contribution in [3.05, 3.63) is 63.7 Å². The predicted octanol–water partition coefficient (Wildman–Crippen LogP) is 3.06. The molecule has 1 fully saturated rings. The Morgan fingerprint density at radius 1 is 1.16 bits per heavy atom. The van der Waals surface area contributed by atoms with Gasteiger partial charge in [-0.25, -0.2) is 9.78 Å². The van der Waals surface area contributed by atoms with Crippen molar-refractivity contribution in [3.63, 3.8) is 0 Å². The van der Waals surface area contributed by atoms with Crippen molar-refractivity contribution >= 4 is 16.9 Å². The van der Waals surface area contributed by atoms with Gasteiger partial charge in [-0.05, 0) is 43.7 Å². The highest BCUT2D eigenvalue weighted by Crippen LogP contribution is 2.39. The standard InChI is InChI=1S/C23H25N3O5/c1-29-15-7-9-17(20(12-15)30-2)19-5-4-10-26(19)13-21-24-18-11-14(23(28)31-3)6-8-16(18)22(27)25-21/h6-9,11-12,19H,4-5,10,13H2,1-3H3,(H,24,25,27)/t19-/m1/s1. The zero-order chi connectivity index (χ0) is 22.0. The molecule has 8 nitrogen and oxygen atoms in total. The smallest absolute Gasteiger partial charge is 0.337 e. The first-order valence-electron chi connectivity index (χ1n) is 10.1. The zero-order valence-electron chi connectivity index (χ0n) is 17.8. The van der Waals surface area contributed by atoms with Gasteiger partial charge in [0.05, 0.1) is 44.3 Å². The third kappa shape index (κ3) is 4.11. The van der Waals surface area contributed by atoms with Gasteiger partial charge in [-0.15, -0.1) is 0 Å². The molecule has 1 aliphatic rings. The van der Waals surface area contributed by atoms with E-state index in [2.05, 4.69) is 14.9 Å². The van der Waals surface area contributed by atoms with Crippen molar-refractivity contribution in [3.8, 4) is 11.5 Å². The first-order valence-corrected chi connectivity index (χ1v) is 10.1. The summed E-state index contributed by atoms with van der Waals surface area (Å²) < 4.78 is 15.7. The van der Waals surface area contributed by atoms with Gasteiger partial charge in [-0.1, -0.05) is 6.07 Å². The van der Waals surface area contributed by atoms with Crippen LogP contribution in [0.15, 0.2) is 41.2 Å². The van der Waals surface area contributed by atoms with Gasteiger partial charge in [0, 0.05) is 17.7 Å². The molecular weight excluding hydrogens is 398 g/mol. The quantitative estimate of drug-likeness (QED) is 0.609. The number of likely N-dealkylation sites (tertiary alicyclic amines) is 1. The number of rotatable bonds is 6. The molecular formula is C23H25N3O5. The normalized spacial score (nSPS) is 16.4. The Bertz CT molecular complexity index is 1170. The fraction of sp³-hybridized carbons (Fsp3) is 0.348. The molecule has 1 saturated heterocycles. The molecule has 0 bridgehead atoms. The summed E-state index contributed by atoms with van der Waals surface area (Å²) in [6.45, 7) is 1.36. The topological polar surface area (TPSA) is 93.8 Å². The number of carbonyl (C=O) groups excluding carboxylic acids is 1. The lowest BCUT2D eigenvalue weighted by Gasteiger charge is -2.26. The van der Waals surface area contributed by atoms with E-state index in [0.717, 1.165) is 36.4 Å². The minimum absolute atomic E-state index is 0.142. The number of carbonyl (C=O) groups is 1. The van der Waals surface area contributed by atoms with Crippen LogP contribution in [0.3, 0.4) is 0 Å². The Kier molecular flexibility index (Phi) is 5.90. The van der Waals surface area contributed by atoms with E-state index in [1.165, 1.54) is 7.11 Å². The molecule has 0 aliphatic carbocycles. The third-order valence-corrected chi connectivity index (χ3v) is 5.69. The van der Waals surface area contributed by atoms with Crippen LogP contribution in [0.4, 0.5) is 0 Å². The molecule has 4 rings (SSSR count). The molecule has 1 N–H and O–H groups in total. The van der Waals surface area contributed by atoms with E-state index in [1.54, 1.807) is 32.4 Å². The predicted molar refractivity (Wildman–Crippen MR) is 116 cm³/mol. The molecule has 0 saturated carbocycles. The van der Waals surface area contributed by atoms with Gasteiger partial charge in [-0.2, -0.15) is 0 Å². The van der Waals surface area contributed by atoms with Crippen LogP contribution in [0, 0.1) is 0 Å². The Hall–Kier alpha value is -3.39. The molecule has 31 heavy (non-hydrogen) atoms. The van der Waals surface area contributed by atoms with Crippen molar-refractivity contribution in [2.24, 2.45) is 0 Å². The van der Waals surface area contributed by atoms with Gasteiger partial charge in [0.25, 0.3) is 5.56 Å². The van der Waals surface area contributed by atoms with Crippen LogP contribution < -0.4 is 15.0 Å². The number of nitrogens with one attached hydrogen (secondary N) is 1. The van der Waals surface area contributed by atoms with Crippen LogP contribution >= 0.6 is 0 Å². The Labute approximate surface area is 179 Å². The SMILES string of the molecule is COC(=O)c1ccc2c(=O)[nH]c(CN3CCC[C@@H]3c3ccc(OC)cc3OC)nc2c1. The van der Waals surface area contributed by atoms with Crippen molar-refractivity contribution in [1.29, 1.82) is 0 Å². The molecule has 0 amide bonds. The number of nitrogens with zero attached hydrogens (tertiary/aromatic N) is 2. The molecule has 0 radical (unpaired) electrons. The average Bonchev–Trinajstić information content (AvgIpc) is 3.25. The minimum Gasteiger partial charge on any atom is -0.497 e. The summed E-state index contributed by atoms with van der Waals surface area (Å²) >= 11 is 0. The lowest BCUT2D eigenvalue weighted by Crippen LogP contribution is -2.26. The summed E-state index contributed by atoms with van der Waals surface area (Å²) in [7, 11) is 4.60. The van der Waals surface area contributed by atoms with Crippen molar-refractivity contribution in [2.45, 2.75) is 25.4 Å². The number of H-pyrrole nitrogens is 1. The van der Waals surface area contributed by atoms with Crippen LogP contribution in [-0.2, 0) is 11.3 Å². The first kappa shape index (κ1) is 20.9. The lowest BCUT2D eigenvalue weighted by atomic mass is 10.0. The Morgan fingerprint density at radius 2 is 2.00 bits per heavy atom. The number of fused-ring (bicyclic) bond motifs is 1. The molecule has 2 heterocycles. The fourth-order valence-electron chi connectivity index (χ4n) is 4.16. The van der Waals surface area contributed by atoms with E-state index >= 15 is 0 Å². The van der Waals surface area contributed by atoms with Crippen LogP contribution in [0.25, 0.3) is 10.9 Å². The molecule has 8 heteroatoms. The van der Waals surface area contributed by atoms with E-state index in [4.69, 9.17) is 14.2 Å². The molecule has 1 aromatic heterocycles. The van der Waals surface area contributed by atoms with E-state index in [0.29, 0.717) is 28.8 Å². The summed E-state index contributed by atoms with van der Waals surface area (Å²) in [5.41, 5.74) is 1.69. The maximum Gasteiger partial charge on any atom is 0.337 e. The summed E-state index contributed by atoms with van der Waals surface area (Å²) in [4.78, 5) is 34.2. The summed E-state index contributed by atoms with van der Waals surface area (Å²) in [5, 5.41) is 0.436. The second-order valence-corrected chi connectivity index (χ2v) is 7.47. The maximum atomic E-state index is 12.6. The minimum atomic E-state index is -0.461. The highest BCUT2D eigenvalue weighted by Gasteiger charge is 2.29. The number of benzene rings is 2. The molecule has 1 aliphatic heterocycles. The zero-order valence-corrected chi connectivity index (χ0v) is 17.8. The number of aromatic amines is 1. The van der Waals surface area contributed by atoms with Gasteiger partial charge in [0.2, 0.25) is 0 Å². The number of ether oxygens (including phenoxy) is 3. The van der Waals surface area contributed by atoms with E-state index in [-0.39, 0.29) is 11.6 Å². The van der Waals surface area contributed by atoms with E-state index < -0.39 is 5.97 Å². The van der Waals surface area contributed by atoms with Crippen LogP contribution in [0.5, 0.6) is 11.5 Å². The van der Waals surface area contributed by atoms with Gasteiger partial charge in [0.1, 0.15) is 17.3 Å². The number of methoxy groups -OCH3 is 3. The second kappa shape index (κ2) is 8.77. The highest BCUT2D eigenvalue weighted by molar-refractivity contribution is 5.93. The molecule has 2 aromatic carbocycles. The third-order valence-electron chi connectivity index (χ3n) is 5.69. The highest BCUT2D eigenvalue weighted by atomic mass is 16.5. The lowest BCUT2D eigenvalue weighted by molar-refractivity contribution is 0.0601. The largest absolute Gasteiger partial charge is 0.497 e. The van der Waals surface area contributed by atoms with Gasteiger partial charge < -0.3 is 19.2 Å². The number of hydrogen-bond donors (Lipinski definition) is 1. The van der Waals surface area contributed by atoms with E-state index in [9.17, 15) is 9.59 Å². The molecule has 3 aromatic rings. The number of aromatic nitrogens is 2. The van der Waals surface area contributed by atoms with Gasteiger partial charge >= 0.3 is 5.97 Å². The van der Waals surface area contributed by atoms with Crippen LogP contribution in [-0.4, -0.2) is 48.7 Å². The van der Waals surface area contributed by atoms with Gasteiger partial charge in [0.15, 0.2) is 0 Å². The summed E-state index contributed by atoms with van der Waals surface area (Å²) in [5.74, 6) is 1.61. The Morgan fingerprint density at radius 3 is 2.74 bits per heavy atom.